The van der Waals surface area contributed by atoms with Gasteiger partial charge in [-0.05, 0) is 60.4 Å². The largest absolute Gasteiger partial charge is 0.481 e. The molecule has 1 atom stereocenters. The number of benzene rings is 3. The van der Waals surface area contributed by atoms with Crippen molar-refractivity contribution in [3.63, 3.8) is 0 Å². The average Bonchev–Trinajstić information content (AvgIpc) is 3.44. The van der Waals surface area contributed by atoms with Gasteiger partial charge in [-0.25, -0.2) is 5.01 Å². The molecule has 6 heteroatoms. The smallest absolute Gasteiger partial charge is 0.305 e. The van der Waals surface area contributed by atoms with Gasteiger partial charge < -0.3 is 9.67 Å². The zero-order valence-corrected chi connectivity index (χ0v) is 19.5. The minimum absolute atomic E-state index is 0.0392. The van der Waals surface area contributed by atoms with Gasteiger partial charge in [0, 0.05) is 30.7 Å². The van der Waals surface area contributed by atoms with Crippen molar-refractivity contribution in [3.05, 3.63) is 94.7 Å². The Morgan fingerprint density at radius 3 is 2.56 bits per heavy atom. The molecule has 0 amide bonds. The first kappa shape index (κ1) is 21.7. The lowest BCUT2D eigenvalue weighted by molar-refractivity contribution is -0.138. The number of aliphatic carboxylic acids is 1. The van der Waals surface area contributed by atoms with Crippen molar-refractivity contribution in [1.82, 2.24) is 9.58 Å². The molecule has 34 heavy (non-hydrogen) atoms. The fraction of sp³-hybridized carbons (Fsp3) is 0.214. The summed E-state index contributed by atoms with van der Waals surface area (Å²) in [6, 6.07) is 21.6. The van der Waals surface area contributed by atoms with Crippen LogP contribution in [0.5, 0.6) is 0 Å². The third-order valence-corrected chi connectivity index (χ3v) is 6.52. The van der Waals surface area contributed by atoms with Crippen LogP contribution in [0.4, 0.5) is 11.4 Å². The van der Waals surface area contributed by atoms with Crippen LogP contribution in [0.25, 0.3) is 10.9 Å². The van der Waals surface area contributed by atoms with Crippen molar-refractivity contribution in [2.75, 3.05) is 5.01 Å². The molecule has 0 saturated carbocycles. The molecule has 0 aliphatic carbocycles. The molecule has 0 saturated heterocycles. The van der Waals surface area contributed by atoms with Crippen LogP contribution >= 0.6 is 0 Å². The number of nitrogens with zero attached hydrogens (tertiary/aromatic N) is 4. The molecule has 0 spiro atoms. The van der Waals surface area contributed by atoms with Crippen molar-refractivity contribution < 1.29 is 9.90 Å². The molecule has 2 heterocycles. The molecular formula is C28H26N4O2. The molecule has 5 rings (SSSR count). The normalized spacial score (nSPS) is 13.1. The molecule has 4 aromatic rings. The predicted octanol–water partition coefficient (Wildman–Crippen LogP) is 5.75. The summed E-state index contributed by atoms with van der Waals surface area (Å²) in [6.45, 7) is 4.76. The number of hydrazine groups is 1. The van der Waals surface area contributed by atoms with Crippen LogP contribution in [0.1, 0.15) is 40.3 Å². The molecule has 3 aromatic carbocycles. The van der Waals surface area contributed by atoms with Gasteiger partial charge >= 0.3 is 5.97 Å². The Morgan fingerprint density at radius 1 is 1.09 bits per heavy atom. The molecule has 0 fully saturated rings. The predicted molar refractivity (Wildman–Crippen MR) is 133 cm³/mol. The highest BCUT2D eigenvalue weighted by atomic mass is 16.4. The summed E-state index contributed by atoms with van der Waals surface area (Å²) in [5.41, 5.74) is 8.19. The van der Waals surface area contributed by atoms with E-state index >= 15 is 0 Å². The van der Waals surface area contributed by atoms with Crippen LogP contribution in [0.3, 0.4) is 0 Å². The van der Waals surface area contributed by atoms with Gasteiger partial charge in [0.25, 0.3) is 0 Å². The van der Waals surface area contributed by atoms with E-state index in [0.717, 1.165) is 28.0 Å². The fourth-order valence-electron chi connectivity index (χ4n) is 5.04. The van der Waals surface area contributed by atoms with Crippen molar-refractivity contribution in [2.45, 2.75) is 32.9 Å². The molecule has 1 aliphatic heterocycles. The van der Waals surface area contributed by atoms with E-state index in [2.05, 4.69) is 52.8 Å². The number of carbonyl (C=O) groups is 1. The van der Waals surface area contributed by atoms with E-state index in [9.17, 15) is 15.2 Å². The van der Waals surface area contributed by atoms with E-state index in [4.69, 9.17) is 0 Å². The first-order valence-corrected chi connectivity index (χ1v) is 11.3. The number of nitriles is 1. The molecule has 1 aromatic heterocycles. The quantitative estimate of drug-likeness (QED) is 0.363. The van der Waals surface area contributed by atoms with Gasteiger partial charge in [0.15, 0.2) is 0 Å². The maximum absolute atomic E-state index is 12.0. The molecule has 0 radical (unpaired) electrons. The van der Waals surface area contributed by atoms with Gasteiger partial charge in [0.2, 0.25) is 0 Å². The Hall–Kier alpha value is -4.08. The van der Waals surface area contributed by atoms with E-state index in [0.29, 0.717) is 12.1 Å². The molecular weight excluding hydrogens is 424 g/mol. The second-order valence-corrected chi connectivity index (χ2v) is 8.99. The average molecular weight is 451 g/mol. The number of hydrogen-bond donors (Lipinski definition) is 1. The van der Waals surface area contributed by atoms with Gasteiger partial charge in [-0.2, -0.15) is 5.26 Å². The minimum Gasteiger partial charge on any atom is -0.481 e. The highest BCUT2D eigenvalue weighted by Crippen LogP contribution is 2.52. The summed E-state index contributed by atoms with van der Waals surface area (Å²) in [4.78, 5) is 12.0. The lowest BCUT2D eigenvalue weighted by Gasteiger charge is -2.33. The Labute approximate surface area is 198 Å². The second-order valence-electron chi connectivity index (χ2n) is 8.99. The highest BCUT2D eigenvalue weighted by molar-refractivity contribution is 5.93. The van der Waals surface area contributed by atoms with Crippen molar-refractivity contribution in [3.8, 4) is 6.07 Å². The molecule has 6 nitrogen and oxygen atoms in total. The van der Waals surface area contributed by atoms with Crippen LogP contribution in [0.15, 0.2) is 66.9 Å². The standard InChI is InChI=1S/C28H26N4O2/c1-18-11-19(2)28-22(16-30(3)26(28)12-18)17-31(32-23-10-9-20(15-29)13-25(23)32)24(14-27(33)34)21-7-5-4-6-8-21/h4-13,16,24H,14,17H2,1-3H3,(H,33,34). The first-order chi connectivity index (χ1) is 16.4. The summed E-state index contributed by atoms with van der Waals surface area (Å²) < 4.78 is 2.14. The van der Waals surface area contributed by atoms with E-state index in [-0.39, 0.29) is 12.5 Å². The Bertz CT molecular complexity index is 1450. The monoisotopic (exact) mass is 450 g/mol. The molecule has 1 unspecified atom stereocenters. The van der Waals surface area contributed by atoms with Crippen molar-refractivity contribution in [1.29, 1.82) is 5.26 Å². The third kappa shape index (κ3) is 3.81. The number of rotatable bonds is 7. The van der Waals surface area contributed by atoms with Gasteiger partial charge in [-0.3, -0.25) is 9.80 Å². The summed E-state index contributed by atoms with van der Waals surface area (Å²) in [5, 5.41) is 24.6. The molecule has 1 N–H and O–H groups in total. The van der Waals surface area contributed by atoms with Crippen LogP contribution in [-0.2, 0) is 18.4 Å². The summed E-state index contributed by atoms with van der Waals surface area (Å²) in [6.07, 6.45) is 2.10. The van der Waals surface area contributed by atoms with E-state index in [1.807, 2.05) is 49.5 Å². The molecule has 0 bridgehead atoms. The second kappa shape index (κ2) is 8.36. The van der Waals surface area contributed by atoms with Gasteiger partial charge in [-0.15, -0.1) is 0 Å². The molecule has 170 valence electrons. The van der Waals surface area contributed by atoms with Crippen molar-refractivity contribution in [2.24, 2.45) is 7.05 Å². The van der Waals surface area contributed by atoms with Crippen LogP contribution in [0, 0.1) is 25.2 Å². The highest BCUT2D eigenvalue weighted by Gasteiger charge is 2.40. The SMILES string of the molecule is Cc1cc(C)c2c(CN(C(CC(=O)O)c3ccccc3)N3c4ccc(C#N)cc43)cn(C)c2c1. The van der Waals surface area contributed by atoms with Crippen molar-refractivity contribution >= 4 is 28.2 Å². The topological polar surface area (TPSA) is 72.3 Å². The van der Waals surface area contributed by atoms with Crippen LogP contribution in [0.2, 0.25) is 0 Å². The minimum atomic E-state index is -0.854. The summed E-state index contributed by atoms with van der Waals surface area (Å²) >= 11 is 0. The van der Waals surface area contributed by atoms with Gasteiger partial charge in [-0.1, -0.05) is 36.4 Å². The number of aryl methyl sites for hydroxylation is 3. The van der Waals surface area contributed by atoms with Crippen LogP contribution in [-0.4, -0.2) is 20.7 Å². The zero-order valence-electron chi connectivity index (χ0n) is 19.5. The van der Waals surface area contributed by atoms with Gasteiger partial charge in [0.05, 0.1) is 35.5 Å². The first-order valence-electron chi connectivity index (χ1n) is 11.3. The number of carboxylic acid groups (broad SMARTS) is 1. The Balaban J connectivity index is 1.63. The fourth-order valence-corrected chi connectivity index (χ4v) is 5.04. The Kier molecular flexibility index (Phi) is 5.35. The number of carboxylic acids is 1. The van der Waals surface area contributed by atoms with Crippen LogP contribution < -0.4 is 5.01 Å². The lowest BCUT2D eigenvalue weighted by atomic mass is 10.0. The molecule has 1 aliphatic rings. The maximum atomic E-state index is 12.0. The summed E-state index contributed by atoms with van der Waals surface area (Å²) in [7, 11) is 2.05. The van der Waals surface area contributed by atoms with E-state index < -0.39 is 5.97 Å². The summed E-state index contributed by atoms with van der Waals surface area (Å²) in [5.74, 6) is -0.854. The number of anilines is 2. The number of aromatic nitrogens is 1. The zero-order chi connectivity index (χ0) is 24.0. The van der Waals surface area contributed by atoms with E-state index in [1.165, 1.54) is 16.5 Å². The van der Waals surface area contributed by atoms with E-state index in [1.54, 1.807) is 6.07 Å². The Morgan fingerprint density at radius 2 is 1.85 bits per heavy atom. The maximum Gasteiger partial charge on any atom is 0.305 e. The number of hydrogen-bond acceptors (Lipinski definition) is 4. The lowest BCUT2D eigenvalue weighted by Crippen LogP contribution is -2.36. The third-order valence-electron chi connectivity index (χ3n) is 6.52. The van der Waals surface area contributed by atoms with Gasteiger partial charge in [0.1, 0.15) is 0 Å². The number of fused-ring (bicyclic) bond motifs is 2.